The molecule has 1 amide bonds. The monoisotopic (exact) mass is 354 g/mol. The van der Waals surface area contributed by atoms with E-state index in [4.69, 9.17) is 28.9 Å². The van der Waals surface area contributed by atoms with Crippen molar-refractivity contribution in [3.63, 3.8) is 0 Å². The van der Waals surface area contributed by atoms with Crippen molar-refractivity contribution < 1.29 is 4.79 Å². The molecule has 1 atom stereocenters. The molecule has 0 spiro atoms. The maximum Gasteiger partial charge on any atom is 0.229 e. The summed E-state index contributed by atoms with van der Waals surface area (Å²) in [6, 6.07) is 12.9. The second kappa shape index (κ2) is 7.77. The number of rotatable bonds is 5. The van der Waals surface area contributed by atoms with Gasteiger partial charge in [-0.3, -0.25) is 4.79 Å². The molecule has 2 aromatic carbocycles. The standard InChI is InChI=1S/C16H16Cl2N2OS/c1-20-15(21)9-22-16(11-4-2-3-5-13(11)18)12-8-10(17)6-7-14(12)19/h2-8,16H,9,19H2,1H3,(H,20,21). The fraction of sp³-hybridized carbons (Fsp3) is 0.188. The molecule has 0 saturated carbocycles. The summed E-state index contributed by atoms with van der Waals surface area (Å²) in [5, 5.41) is 3.69. The molecule has 0 fully saturated rings. The Balaban J connectivity index is 2.43. The molecule has 22 heavy (non-hydrogen) atoms. The van der Waals surface area contributed by atoms with Gasteiger partial charge in [-0.05, 0) is 35.4 Å². The lowest BCUT2D eigenvalue weighted by Gasteiger charge is -2.20. The minimum absolute atomic E-state index is 0.0531. The third kappa shape index (κ3) is 4.09. The van der Waals surface area contributed by atoms with Gasteiger partial charge in [0.05, 0.1) is 11.0 Å². The second-order valence-electron chi connectivity index (χ2n) is 4.66. The zero-order valence-electron chi connectivity index (χ0n) is 12.0. The molecule has 0 aliphatic carbocycles. The molecule has 116 valence electrons. The van der Waals surface area contributed by atoms with Gasteiger partial charge in [0.15, 0.2) is 0 Å². The van der Waals surface area contributed by atoms with Crippen LogP contribution in [-0.4, -0.2) is 18.7 Å². The van der Waals surface area contributed by atoms with Crippen molar-refractivity contribution in [2.45, 2.75) is 5.25 Å². The molecule has 2 aromatic rings. The number of thioether (sulfide) groups is 1. The molecule has 0 aliphatic heterocycles. The van der Waals surface area contributed by atoms with Crippen LogP contribution in [0.4, 0.5) is 5.69 Å². The van der Waals surface area contributed by atoms with Gasteiger partial charge in [0.25, 0.3) is 0 Å². The van der Waals surface area contributed by atoms with Crippen molar-refractivity contribution in [1.29, 1.82) is 0 Å². The first kappa shape index (κ1) is 17.0. The van der Waals surface area contributed by atoms with Gasteiger partial charge in [-0.25, -0.2) is 0 Å². The highest BCUT2D eigenvalue weighted by atomic mass is 35.5. The van der Waals surface area contributed by atoms with Gasteiger partial charge in [0.1, 0.15) is 0 Å². The van der Waals surface area contributed by atoms with Gasteiger partial charge in [-0.1, -0.05) is 41.4 Å². The van der Waals surface area contributed by atoms with Crippen molar-refractivity contribution in [3.8, 4) is 0 Å². The van der Waals surface area contributed by atoms with Crippen molar-refractivity contribution in [2.75, 3.05) is 18.5 Å². The number of hydrogen-bond donors (Lipinski definition) is 2. The van der Waals surface area contributed by atoms with Crippen LogP contribution in [0.3, 0.4) is 0 Å². The molecule has 2 rings (SSSR count). The molecule has 1 unspecified atom stereocenters. The summed E-state index contributed by atoms with van der Waals surface area (Å²) in [7, 11) is 1.61. The first-order valence-corrected chi connectivity index (χ1v) is 8.45. The Labute approximate surface area is 144 Å². The number of nitrogens with one attached hydrogen (secondary N) is 1. The Morgan fingerprint density at radius 2 is 1.95 bits per heavy atom. The average molecular weight is 355 g/mol. The van der Waals surface area contributed by atoms with Gasteiger partial charge in [0, 0.05) is 22.8 Å². The number of hydrogen-bond acceptors (Lipinski definition) is 3. The third-order valence-electron chi connectivity index (χ3n) is 3.18. The van der Waals surface area contributed by atoms with Crippen molar-refractivity contribution >= 4 is 46.6 Å². The molecule has 0 saturated heterocycles. The number of halogens is 2. The lowest BCUT2D eigenvalue weighted by Crippen LogP contribution is -2.20. The summed E-state index contributed by atoms with van der Waals surface area (Å²) in [5.74, 6) is 0.251. The molecule has 3 nitrogen and oxygen atoms in total. The minimum Gasteiger partial charge on any atom is -0.398 e. The highest BCUT2D eigenvalue weighted by Gasteiger charge is 2.21. The smallest absolute Gasteiger partial charge is 0.229 e. The van der Waals surface area contributed by atoms with Gasteiger partial charge < -0.3 is 11.1 Å². The Bertz CT molecular complexity index is 679. The summed E-state index contributed by atoms with van der Waals surface area (Å²) < 4.78 is 0. The topological polar surface area (TPSA) is 55.1 Å². The van der Waals surface area contributed by atoms with Crippen molar-refractivity contribution in [3.05, 3.63) is 63.6 Å². The Kier molecular flexibility index (Phi) is 6.00. The van der Waals surface area contributed by atoms with Crippen LogP contribution in [0.5, 0.6) is 0 Å². The number of amides is 1. The normalized spacial score (nSPS) is 12.0. The maximum atomic E-state index is 11.6. The highest BCUT2D eigenvalue weighted by Crippen LogP contribution is 2.42. The van der Waals surface area contributed by atoms with E-state index in [1.54, 1.807) is 19.2 Å². The first-order valence-electron chi connectivity index (χ1n) is 6.64. The van der Waals surface area contributed by atoms with Crippen LogP contribution in [0.25, 0.3) is 0 Å². The summed E-state index contributed by atoms with van der Waals surface area (Å²) in [5.41, 5.74) is 8.49. The van der Waals surface area contributed by atoms with Gasteiger partial charge in [-0.15, -0.1) is 11.8 Å². The SMILES string of the molecule is CNC(=O)CSC(c1cc(Cl)ccc1N)c1ccccc1Cl. The fourth-order valence-corrected chi connectivity index (χ4v) is 3.76. The number of carbonyl (C=O) groups is 1. The summed E-state index contributed by atoms with van der Waals surface area (Å²) in [6.45, 7) is 0. The van der Waals surface area contributed by atoms with Crippen molar-refractivity contribution in [2.24, 2.45) is 0 Å². The molecule has 0 aliphatic rings. The summed E-state index contributed by atoms with van der Waals surface area (Å²) >= 11 is 13.9. The maximum absolute atomic E-state index is 11.6. The van der Waals surface area contributed by atoms with Crippen LogP contribution in [0.2, 0.25) is 10.0 Å². The van der Waals surface area contributed by atoms with Crippen LogP contribution < -0.4 is 11.1 Å². The number of nitrogens with two attached hydrogens (primary N) is 1. The molecule has 0 radical (unpaired) electrons. The number of benzene rings is 2. The molecule has 0 aromatic heterocycles. The van der Waals surface area contributed by atoms with Crippen molar-refractivity contribution in [1.82, 2.24) is 5.32 Å². The van der Waals surface area contributed by atoms with E-state index in [1.165, 1.54) is 11.8 Å². The zero-order chi connectivity index (χ0) is 16.1. The van der Waals surface area contributed by atoms with Gasteiger partial charge in [-0.2, -0.15) is 0 Å². The number of anilines is 1. The lowest BCUT2D eigenvalue weighted by molar-refractivity contribution is -0.118. The van der Waals surface area contributed by atoms with E-state index in [9.17, 15) is 4.79 Å². The van der Waals surface area contributed by atoms with Crippen LogP contribution in [0, 0.1) is 0 Å². The van der Waals surface area contributed by atoms with E-state index in [-0.39, 0.29) is 11.2 Å². The first-order chi connectivity index (χ1) is 10.5. The van der Waals surface area contributed by atoms with E-state index >= 15 is 0 Å². The van der Waals surface area contributed by atoms with E-state index < -0.39 is 0 Å². The van der Waals surface area contributed by atoms with Crippen LogP contribution in [-0.2, 0) is 4.79 Å². The zero-order valence-corrected chi connectivity index (χ0v) is 14.3. The average Bonchev–Trinajstić information content (AvgIpc) is 2.52. The minimum atomic E-state index is -0.162. The highest BCUT2D eigenvalue weighted by molar-refractivity contribution is 8.00. The number of carbonyl (C=O) groups excluding carboxylic acids is 1. The molecule has 0 heterocycles. The molecular formula is C16H16Cl2N2OS. The van der Waals surface area contributed by atoms with Gasteiger partial charge >= 0.3 is 0 Å². The largest absolute Gasteiger partial charge is 0.398 e. The van der Waals surface area contributed by atoms with E-state index in [2.05, 4.69) is 5.32 Å². The predicted octanol–water partition coefficient (Wildman–Crippen LogP) is 4.14. The predicted molar refractivity (Wildman–Crippen MR) is 95.7 cm³/mol. The quantitative estimate of drug-likeness (QED) is 0.793. The van der Waals surface area contributed by atoms with Crippen LogP contribution in [0.1, 0.15) is 16.4 Å². The van der Waals surface area contributed by atoms with E-state index in [1.807, 2.05) is 30.3 Å². The number of nitrogen functional groups attached to an aromatic ring is 1. The third-order valence-corrected chi connectivity index (χ3v) is 5.03. The summed E-state index contributed by atoms with van der Waals surface area (Å²) in [6.07, 6.45) is 0. The Morgan fingerprint density at radius 1 is 1.23 bits per heavy atom. The molecular weight excluding hydrogens is 339 g/mol. The Morgan fingerprint density at radius 3 is 2.64 bits per heavy atom. The Hall–Kier alpha value is -1.36. The second-order valence-corrected chi connectivity index (χ2v) is 6.60. The summed E-state index contributed by atoms with van der Waals surface area (Å²) in [4.78, 5) is 11.6. The van der Waals surface area contributed by atoms with E-state index in [0.29, 0.717) is 21.5 Å². The van der Waals surface area contributed by atoms with Crippen LogP contribution in [0.15, 0.2) is 42.5 Å². The molecule has 3 N–H and O–H groups in total. The molecule has 0 bridgehead atoms. The fourth-order valence-electron chi connectivity index (χ4n) is 2.04. The lowest BCUT2D eigenvalue weighted by atomic mass is 10.0. The molecule has 6 heteroatoms. The van der Waals surface area contributed by atoms with Gasteiger partial charge in [0.2, 0.25) is 5.91 Å². The van der Waals surface area contributed by atoms with Crippen LogP contribution >= 0.6 is 35.0 Å². The van der Waals surface area contributed by atoms with E-state index in [0.717, 1.165) is 11.1 Å².